The van der Waals surface area contributed by atoms with E-state index in [2.05, 4.69) is 5.16 Å². The number of nitrogens with zero attached hydrogens (tertiary/aromatic N) is 1. The van der Waals surface area contributed by atoms with Gasteiger partial charge in [-0.2, -0.15) is 11.8 Å². The van der Waals surface area contributed by atoms with Crippen molar-refractivity contribution in [1.82, 2.24) is 0 Å². The maximum absolute atomic E-state index is 13.2. The highest BCUT2D eigenvalue weighted by Gasteiger charge is 2.06. The molecule has 0 atom stereocenters. The van der Waals surface area contributed by atoms with Gasteiger partial charge in [0.15, 0.2) is 0 Å². The molecule has 4 heteroatoms. The van der Waals surface area contributed by atoms with E-state index in [0.717, 1.165) is 0 Å². The van der Waals surface area contributed by atoms with Crippen molar-refractivity contribution in [3.63, 3.8) is 0 Å². The fourth-order valence-corrected chi connectivity index (χ4v) is 1.58. The van der Waals surface area contributed by atoms with Crippen molar-refractivity contribution in [2.45, 2.75) is 6.92 Å². The molecule has 0 aliphatic heterocycles. The summed E-state index contributed by atoms with van der Waals surface area (Å²) in [5.41, 5.74) is 1.72. The topological polar surface area (TPSA) is 32.6 Å². The quantitative estimate of drug-likeness (QED) is 0.475. The summed E-state index contributed by atoms with van der Waals surface area (Å²) in [6.07, 6.45) is 1.90. The molecule has 0 radical (unpaired) electrons. The Hall–Kier alpha value is -1.03. The maximum atomic E-state index is 13.2. The molecular formula is C10H12FNOS. The lowest BCUT2D eigenvalue weighted by Gasteiger charge is -2.04. The third-order valence-electron chi connectivity index (χ3n) is 1.91. The van der Waals surface area contributed by atoms with E-state index >= 15 is 0 Å². The molecule has 1 aromatic rings. The van der Waals surface area contributed by atoms with E-state index in [0.29, 0.717) is 22.6 Å². The molecule has 76 valence electrons. The molecule has 0 unspecified atom stereocenters. The first kappa shape index (κ1) is 11.0. The Kier molecular flexibility index (Phi) is 3.95. The normalized spacial score (nSPS) is 11.8. The molecule has 0 aliphatic carbocycles. The molecule has 0 amide bonds. The molecule has 1 N–H and O–H groups in total. The minimum atomic E-state index is -0.273. The lowest BCUT2D eigenvalue weighted by molar-refractivity contribution is 0.319. The molecular weight excluding hydrogens is 201 g/mol. The van der Waals surface area contributed by atoms with Crippen LogP contribution in [0.3, 0.4) is 0 Å². The number of hydrogen-bond acceptors (Lipinski definition) is 3. The number of rotatable bonds is 3. The van der Waals surface area contributed by atoms with Crippen LogP contribution in [0.2, 0.25) is 0 Å². The van der Waals surface area contributed by atoms with Crippen LogP contribution in [0.15, 0.2) is 23.4 Å². The SMILES string of the molecule is CSCC(=NO)c1ccc(C)c(F)c1. The molecule has 0 aromatic heterocycles. The van der Waals surface area contributed by atoms with Crippen molar-refractivity contribution < 1.29 is 9.60 Å². The summed E-state index contributed by atoms with van der Waals surface area (Å²) in [5, 5.41) is 11.9. The summed E-state index contributed by atoms with van der Waals surface area (Å²) in [7, 11) is 0. The number of oxime groups is 1. The lowest BCUT2D eigenvalue weighted by Crippen LogP contribution is -2.05. The molecule has 0 fully saturated rings. The van der Waals surface area contributed by atoms with E-state index < -0.39 is 0 Å². The minimum absolute atomic E-state index is 0.273. The Morgan fingerprint density at radius 3 is 2.79 bits per heavy atom. The van der Waals surface area contributed by atoms with E-state index in [1.54, 1.807) is 19.1 Å². The zero-order valence-corrected chi connectivity index (χ0v) is 8.94. The fraction of sp³-hybridized carbons (Fsp3) is 0.300. The Morgan fingerprint density at radius 1 is 1.57 bits per heavy atom. The Bertz CT molecular complexity index is 352. The van der Waals surface area contributed by atoms with Crippen LogP contribution in [0, 0.1) is 12.7 Å². The van der Waals surface area contributed by atoms with Gasteiger partial charge in [0, 0.05) is 11.3 Å². The van der Waals surface area contributed by atoms with Crippen LogP contribution in [0.5, 0.6) is 0 Å². The van der Waals surface area contributed by atoms with Crippen molar-refractivity contribution >= 4 is 17.5 Å². The van der Waals surface area contributed by atoms with Crippen LogP contribution in [-0.4, -0.2) is 22.9 Å². The first-order valence-electron chi connectivity index (χ1n) is 4.15. The fourth-order valence-electron chi connectivity index (χ4n) is 1.08. The lowest BCUT2D eigenvalue weighted by atomic mass is 10.1. The molecule has 0 saturated carbocycles. The van der Waals surface area contributed by atoms with Gasteiger partial charge in [-0.05, 0) is 24.8 Å². The van der Waals surface area contributed by atoms with Crippen LogP contribution in [0.1, 0.15) is 11.1 Å². The highest BCUT2D eigenvalue weighted by atomic mass is 32.2. The number of thioether (sulfide) groups is 1. The standard InChI is InChI=1S/C10H12FNOS/c1-7-3-4-8(5-9(7)11)10(12-13)6-14-2/h3-5,13H,6H2,1-2H3. The smallest absolute Gasteiger partial charge is 0.126 e. The first-order valence-corrected chi connectivity index (χ1v) is 5.54. The van der Waals surface area contributed by atoms with Gasteiger partial charge in [-0.3, -0.25) is 0 Å². The van der Waals surface area contributed by atoms with E-state index in [1.807, 2.05) is 6.26 Å². The second kappa shape index (κ2) is 5.00. The Labute approximate surface area is 86.8 Å². The first-order chi connectivity index (χ1) is 6.69. The summed E-state index contributed by atoms with van der Waals surface area (Å²) in [4.78, 5) is 0. The molecule has 0 heterocycles. The largest absolute Gasteiger partial charge is 0.411 e. The van der Waals surface area contributed by atoms with E-state index in [9.17, 15) is 4.39 Å². The van der Waals surface area contributed by atoms with Crippen molar-refractivity contribution in [2.24, 2.45) is 5.16 Å². The third-order valence-corrected chi connectivity index (χ3v) is 2.47. The van der Waals surface area contributed by atoms with E-state index in [1.165, 1.54) is 17.8 Å². The second-order valence-corrected chi connectivity index (χ2v) is 3.81. The number of aryl methyl sites for hydroxylation is 1. The predicted molar refractivity (Wildman–Crippen MR) is 57.8 cm³/mol. The van der Waals surface area contributed by atoms with E-state index in [4.69, 9.17) is 5.21 Å². The zero-order valence-electron chi connectivity index (χ0n) is 8.12. The highest BCUT2D eigenvalue weighted by molar-refractivity contribution is 7.99. The van der Waals surface area contributed by atoms with Crippen LogP contribution in [0.4, 0.5) is 4.39 Å². The van der Waals surface area contributed by atoms with Crippen molar-refractivity contribution in [3.8, 4) is 0 Å². The van der Waals surface area contributed by atoms with Gasteiger partial charge in [0.25, 0.3) is 0 Å². The highest BCUT2D eigenvalue weighted by Crippen LogP contribution is 2.12. The molecule has 0 bridgehead atoms. The number of hydrogen-bond donors (Lipinski definition) is 1. The maximum Gasteiger partial charge on any atom is 0.126 e. The average molecular weight is 213 g/mol. The third kappa shape index (κ3) is 2.48. The van der Waals surface area contributed by atoms with Gasteiger partial charge in [-0.1, -0.05) is 17.3 Å². The summed E-state index contributed by atoms with van der Waals surface area (Å²) < 4.78 is 13.2. The van der Waals surface area contributed by atoms with Gasteiger partial charge in [-0.25, -0.2) is 4.39 Å². The monoisotopic (exact) mass is 213 g/mol. The van der Waals surface area contributed by atoms with Crippen molar-refractivity contribution in [2.75, 3.05) is 12.0 Å². The molecule has 2 nitrogen and oxygen atoms in total. The van der Waals surface area contributed by atoms with Gasteiger partial charge in [0.05, 0.1) is 5.71 Å². The van der Waals surface area contributed by atoms with Crippen LogP contribution < -0.4 is 0 Å². The average Bonchev–Trinajstić information content (AvgIpc) is 2.19. The summed E-state index contributed by atoms with van der Waals surface area (Å²) in [6, 6.07) is 4.82. The molecule has 1 aromatic carbocycles. The predicted octanol–water partition coefficient (Wildman–Crippen LogP) is 2.68. The molecule has 14 heavy (non-hydrogen) atoms. The second-order valence-electron chi connectivity index (χ2n) is 2.94. The van der Waals surface area contributed by atoms with Gasteiger partial charge >= 0.3 is 0 Å². The zero-order chi connectivity index (χ0) is 10.6. The summed E-state index contributed by atoms with van der Waals surface area (Å²) in [6.45, 7) is 1.70. The number of benzene rings is 1. The van der Waals surface area contributed by atoms with Crippen molar-refractivity contribution in [1.29, 1.82) is 0 Å². The van der Waals surface area contributed by atoms with Gasteiger partial charge in [-0.15, -0.1) is 0 Å². The number of halogens is 1. The molecule has 0 saturated heterocycles. The Morgan fingerprint density at radius 2 is 2.29 bits per heavy atom. The van der Waals surface area contributed by atoms with Gasteiger partial charge < -0.3 is 5.21 Å². The van der Waals surface area contributed by atoms with Crippen LogP contribution >= 0.6 is 11.8 Å². The van der Waals surface area contributed by atoms with Crippen LogP contribution in [-0.2, 0) is 0 Å². The molecule has 1 rings (SSSR count). The Balaban J connectivity index is 3.00. The van der Waals surface area contributed by atoms with Crippen LogP contribution in [0.25, 0.3) is 0 Å². The minimum Gasteiger partial charge on any atom is -0.411 e. The summed E-state index contributed by atoms with van der Waals surface area (Å²) >= 11 is 1.53. The molecule has 0 spiro atoms. The summed E-state index contributed by atoms with van der Waals surface area (Å²) in [5.74, 6) is 0.295. The van der Waals surface area contributed by atoms with Gasteiger partial charge in [0.2, 0.25) is 0 Å². The van der Waals surface area contributed by atoms with Gasteiger partial charge in [0.1, 0.15) is 5.82 Å². The molecule has 0 aliphatic rings. The van der Waals surface area contributed by atoms with E-state index in [-0.39, 0.29) is 5.82 Å². The van der Waals surface area contributed by atoms with Crippen molar-refractivity contribution in [3.05, 3.63) is 35.1 Å².